The Hall–Kier alpha value is -4.46. The van der Waals surface area contributed by atoms with Gasteiger partial charge in [0.15, 0.2) is 0 Å². The van der Waals surface area contributed by atoms with Crippen molar-refractivity contribution in [3.05, 3.63) is 93.2 Å². The van der Waals surface area contributed by atoms with E-state index in [0.717, 1.165) is 0 Å². The van der Waals surface area contributed by atoms with Gasteiger partial charge >= 0.3 is 17.1 Å². The minimum atomic E-state index is -0.306. The largest absolute Gasteiger partial charge is 2.00 e. The van der Waals surface area contributed by atoms with Gasteiger partial charge in [-0.15, -0.1) is 0 Å². The van der Waals surface area contributed by atoms with E-state index in [1.54, 1.807) is 24.3 Å². The summed E-state index contributed by atoms with van der Waals surface area (Å²) < 4.78 is 10.9. The fourth-order valence-electron chi connectivity index (χ4n) is 3.74. The predicted octanol–water partition coefficient (Wildman–Crippen LogP) is 4.71. The van der Waals surface area contributed by atoms with Crippen LogP contribution >= 0.6 is 0 Å². The molecule has 2 aromatic heterocycles. The van der Waals surface area contributed by atoms with Crippen LogP contribution in [0.15, 0.2) is 91.2 Å². The molecule has 0 aliphatic heterocycles. The molecule has 0 spiro atoms. The van der Waals surface area contributed by atoms with E-state index >= 15 is 0 Å². The molecule has 0 fully saturated rings. The van der Waals surface area contributed by atoms with Crippen LogP contribution < -0.4 is 10.9 Å². The van der Waals surface area contributed by atoms with Crippen LogP contribution in [0.2, 0.25) is 0 Å². The van der Waals surface area contributed by atoms with Crippen LogP contribution in [-0.4, -0.2) is 20.4 Å². The maximum atomic E-state index is 12.1. The Morgan fingerprint density at radius 3 is 1.31 bits per heavy atom. The fourth-order valence-corrected chi connectivity index (χ4v) is 3.74. The molecule has 177 valence electrons. The molecular weight excluding hydrogens is 504 g/mol. The van der Waals surface area contributed by atoms with E-state index in [2.05, 4.69) is 0 Å². The van der Waals surface area contributed by atoms with Crippen LogP contribution in [0, 0.1) is 0 Å². The minimum Gasteiger partial charge on any atom is -0.508 e. The first-order valence-electron chi connectivity index (χ1n) is 10.1. The normalized spacial score (nSPS) is 10.7. The van der Waals surface area contributed by atoms with Crippen LogP contribution in [0.5, 0.6) is 23.0 Å². The zero-order valence-electron chi connectivity index (χ0n) is 17.7. The number of fused-ring (bicyclic) bond motifs is 4. The monoisotopic (exact) mass is 519 g/mol. The summed E-state index contributed by atoms with van der Waals surface area (Å²) >= 11 is 0. The molecule has 35 heavy (non-hydrogen) atoms. The molecule has 2 heterocycles. The molecule has 0 unspecified atom stereocenters. The molecular formula is C26H16CuO8+2. The molecule has 0 amide bonds. The van der Waals surface area contributed by atoms with Crippen molar-refractivity contribution in [2.75, 3.05) is 0 Å². The van der Waals surface area contributed by atoms with Gasteiger partial charge in [-0.25, -0.2) is 0 Å². The van der Waals surface area contributed by atoms with E-state index in [-0.39, 0.29) is 61.7 Å². The molecule has 0 bridgehead atoms. The molecule has 0 atom stereocenters. The maximum absolute atomic E-state index is 12.1. The second-order valence-corrected chi connectivity index (χ2v) is 7.52. The third kappa shape index (κ3) is 4.14. The first-order valence-corrected chi connectivity index (χ1v) is 10.1. The third-order valence-electron chi connectivity index (χ3n) is 5.32. The van der Waals surface area contributed by atoms with Gasteiger partial charge in [0.05, 0.1) is 10.8 Å². The van der Waals surface area contributed by atoms with Gasteiger partial charge in [0.2, 0.25) is 10.9 Å². The Bertz CT molecular complexity index is 1710. The van der Waals surface area contributed by atoms with Crippen molar-refractivity contribution in [2.24, 2.45) is 0 Å². The summed E-state index contributed by atoms with van der Waals surface area (Å²) in [4.78, 5) is 24.2. The molecule has 0 aliphatic rings. The Balaban J connectivity index is 0.000000160. The smallest absolute Gasteiger partial charge is 0.508 e. The van der Waals surface area contributed by atoms with Crippen molar-refractivity contribution in [3.8, 4) is 23.0 Å². The van der Waals surface area contributed by atoms with Crippen molar-refractivity contribution in [1.82, 2.24) is 0 Å². The predicted molar refractivity (Wildman–Crippen MR) is 127 cm³/mol. The summed E-state index contributed by atoms with van der Waals surface area (Å²) in [5.74, 6) is -0.155. The van der Waals surface area contributed by atoms with Gasteiger partial charge in [-0.3, -0.25) is 9.59 Å². The molecule has 1 radical (unpaired) electrons. The number of phenols is 4. The molecule has 9 heteroatoms. The first-order chi connectivity index (χ1) is 16.3. The van der Waals surface area contributed by atoms with Crippen molar-refractivity contribution in [1.29, 1.82) is 0 Å². The molecule has 6 aromatic rings. The van der Waals surface area contributed by atoms with E-state index in [1.165, 1.54) is 48.5 Å². The zero-order chi connectivity index (χ0) is 24.0. The van der Waals surface area contributed by atoms with Crippen LogP contribution in [0.3, 0.4) is 0 Å². The summed E-state index contributed by atoms with van der Waals surface area (Å²) in [7, 11) is 0. The maximum Gasteiger partial charge on any atom is 2.00 e. The molecule has 0 saturated carbocycles. The average Bonchev–Trinajstić information content (AvgIpc) is 2.79. The van der Waals surface area contributed by atoms with Crippen LogP contribution in [-0.2, 0) is 17.1 Å². The van der Waals surface area contributed by atoms with Gasteiger partial charge in [-0.1, -0.05) is 12.1 Å². The summed E-state index contributed by atoms with van der Waals surface area (Å²) in [6, 6.07) is 17.8. The van der Waals surface area contributed by atoms with Gasteiger partial charge in [0, 0.05) is 12.1 Å². The number of aromatic hydroxyl groups is 4. The third-order valence-corrected chi connectivity index (χ3v) is 5.32. The van der Waals surface area contributed by atoms with Gasteiger partial charge in [-0.05, 0) is 48.5 Å². The average molecular weight is 520 g/mol. The topological polar surface area (TPSA) is 141 Å². The van der Waals surface area contributed by atoms with E-state index in [4.69, 9.17) is 8.83 Å². The fraction of sp³-hybridized carbons (Fsp3) is 0. The molecule has 8 nitrogen and oxygen atoms in total. The second kappa shape index (κ2) is 9.06. The van der Waals surface area contributed by atoms with Crippen molar-refractivity contribution in [3.63, 3.8) is 0 Å². The Morgan fingerprint density at radius 1 is 0.514 bits per heavy atom. The number of rotatable bonds is 0. The van der Waals surface area contributed by atoms with Gasteiger partial charge in [-0.2, -0.15) is 0 Å². The van der Waals surface area contributed by atoms with Gasteiger partial charge in [0.1, 0.15) is 56.1 Å². The number of hydrogen-bond acceptors (Lipinski definition) is 8. The quantitative estimate of drug-likeness (QED) is 0.167. The van der Waals surface area contributed by atoms with Crippen molar-refractivity contribution >= 4 is 43.9 Å². The Labute approximate surface area is 206 Å². The van der Waals surface area contributed by atoms with E-state index < -0.39 is 0 Å². The number of phenolic OH excluding ortho intramolecular Hbond substituents is 4. The Kier molecular flexibility index (Phi) is 6.13. The van der Waals surface area contributed by atoms with Crippen LogP contribution in [0.4, 0.5) is 0 Å². The molecule has 6 rings (SSSR count). The summed E-state index contributed by atoms with van der Waals surface area (Å²) in [5, 5.41) is 39.0. The molecule has 0 saturated heterocycles. The number of hydrogen-bond donors (Lipinski definition) is 4. The molecule has 4 N–H and O–H groups in total. The SMILES string of the molecule is O=c1c2ccc(O)cc2oc2cccc(O)c12.O=c1c2ccc(O)cc2oc2cccc(O)c12.[Cu+2]. The Morgan fingerprint density at radius 2 is 0.914 bits per heavy atom. The number of benzene rings is 4. The van der Waals surface area contributed by atoms with E-state index in [9.17, 15) is 30.0 Å². The molecule has 0 aliphatic carbocycles. The van der Waals surface area contributed by atoms with E-state index in [1.807, 2.05) is 0 Å². The van der Waals surface area contributed by atoms with Gasteiger partial charge < -0.3 is 29.3 Å². The zero-order valence-corrected chi connectivity index (χ0v) is 18.6. The van der Waals surface area contributed by atoms with Crippen molar-refractivity contribution < 1.29 is 46.3 Å². The van der Waals surface area contributed by atoms with Gasteiger partial charge in [0.25, 0.3) is 0 Å². The first kappa shape index (κ1) is 23.7. The summed E-state index contributed by atoms with van der Waals surface area (Å²) in [6.45, 7) is 0. The summed E-state index contributed by atoms with van der Waals surface area (Å²) in [6.07, 6.45) is 0. The molecule has 4 aromatic carbocycles. The summed E-state index contributed by atoms with van der Waals surface area (Å²) in [5.41, 5.74) is 0.584. The minimum absolute atomic E-state index is 0. The van der Waals surface area contributed by atoms with E-state index in [0.29, 0.717) is 33.1 Å². The standard InChI is InChI=1S/2C13H8O4.Cu/c2*14-7-4-5-8-11(6-7)17-10-3-1-2-9(15)12(10)13(8)16;/h2*1-6,14-15H;/q;;+2. The van der Waals surface area contributed by atoms with Crippen LogP contribution in [0.1, 0.15) is 0 Å². The van der Waals surface area contributed by atoms with Crippen molar-refractivity contribution in [2.45, 2.75) is 0 Å². The second-order valence-electron chi connectivity index (χ2n) is 7.52. The van der Waals surface area contributed by atoms with Crippen LogP contribution in [0.25, 0.3) is 43.9 Å².